The molecular formula is C19H29N3OS. The lowest BCUT2D eigenvalue weighted by Gasteiger charge is -2.39. The zero-order chi connectivity index (χ0) is 16.9. The second kappa shape index (κ2) is 8.26. The topological polar surface area (TPSA) is 44.4 Å². The number of benzene rings is 1. The van der Waals surface area contributed by atoms with Gasteiger partial charge in [-0.1, -0.05) is 30.3 Å². The summed E-state index contributed by atoms with van der Waals surface area (Å²) in [5.41, 5.74) is 1.39. The quantitative estimate of drug-likeness (QED) is 0.830. The van der Waals surface area contributed by atoms with Crippen LogP contribution < -0.4 is 10.6 Å². The largest absolute Gasteiger partial charge is 0.335 e. The third kappa shape index (κ3) is 4.45. The van der Waals surface area contributed by atoms with Crippen LogP contribution in [0.4, 0.5) is 4.79 Å². The van der Waals surface area contributed by atoms with Gasteiger partial charge in [0.15, 0.2) is 0 Å². The predicted octanol–water partition coefficient (Wildman–Crippen LogP) is 3.23. The zero-order valence-electron chi connectivity index (χ0n) is 14.7. The molecular weight excluding hydrogens is 318 g/mol. The van der Waals surface area contributed by atoms with Crippen LogP contribution in [0.5, 0.6) is 0 Å². The smallest absolute Gasteiger partial charge is 0.315 e. The number of carbonyl (C=O) groups is 1. The first-order chi connectivity index (χ1) is 11.7. The summed E-state index contributed by atoms with van der Waals surface area (Å²) in [5.74, 6) is 0.953. The number of carbonyl (C=O) groups excluding carboxylic acids is 1. The van der Waals surface area contributed by atoms with Gasteiger partial charge in [0.25, 0.3) is 0 Å². The van der Waals surface area contributed by atoms with Gasteiger partial charge in [0.05, 0.1) is 0 Å². The minimum atomic E-state index is -0.00235. The zero-order valence-corrected chi connectivity index (χ0v) is 15.5. The summed E-state index contributed by atoms with van der Waals surface area (Å²) >= 11 is 1.76. The number of urea groups is 1. The molecule has 5 heteroatoms. The molecule has 1 aromatic rings. The molecule has 2 aliphatic rings. The van der Waals surface area contributed by atoms with E-state index in [9.17, 15) is 4.79 Å². The van der Waals surface area contributed by atoms with Gasteiger partial charge in [0.1, 0.15) is 0 Å². The molecule has 0 radical (unpaired) electrons. The van der Waals surface area contributed by atoms with Crippen LogP contribution in [0.3, 0.4) is 0 Å². The van der Waals surface area contributed by atoms with Crippen LogP contribution in [0.15, 0.2) is 30.3 Å². The minimum absolute atomic E-state index is 0.00235. The highest BCUT2D eigenvalue weighted by Gasteiger charge is 2.40. The molecule has 0 aromatic heterocycles. The van der Waals surface area contributed by atoms with E-state index >= 15 is 0 Å². The maximum Gasteiger partial charge on any atom is 0.315 e. The molecule has 2 saturated heterocycles. The van der Waals surface area contributed by atoms with Gasteiger partial charge in [-0.2, -0.15) is 11.8 Å². The van der Waals surface area contributed by atoms with E-state index < -0.39 is 0 Å². The van der Waals surface area contributed by atoms with Crippen molar-refractivity contribution in [3.05, 3.63) is 35.9 Å². The summed E-state index contributed by atoms with van der Waals surface area (Å²) in [6.07, 6.45) is 6.75. The summed E-state index contributed by atoms with van der Waals surface area (Å²) in [6.45, 7) is 3.10. The Hall–Kier alpha value is -1.20. The Kier molecular flexibility index (Phi) is 6.06. The number of rotatable bonds is 6. The summed E-state index contributed by atoms with van der Waals surface area (Å²) in [5, 5.41) is 6.25. The van der Waals surface area contributed by atoms with E-state index in [4.69, 9.17) is 0 Å². The van der Waals surface area contributed by atoms with Crippen molar-refractivity contribution in [2.24, 2.45) is 0 Å². The minimum Gasteiger partial charge on any atom is -0.335 e. The van der Waals surface area contributed by atoms with Gasteiger partial charge in [-0.05, 0) is 44.4 Å². The maximum absolute atomic E-state index is 12.2. The van der Waals surface area contributed by atoms with E-state index in [-0.39, 0.29) is 12.1 Å². The van der Waals surface area contributed by atoms with E-state index in [2.05, 4.69) is 59.0 Å². The molecule has 0 aliphatic carbocycles. The van der Waals surface area contributed by atoms with Crippen LogP contribution in [-0.2, 0) is 6.54 Å². The first kappa shape index (κ1) is 17.6. The van der Waals surface area contributed by atoms with Crippen molar-refractivity contribution in [2.75, 3.05) is 12.0 Å². The van der Waals surface area contributed by atoms with Crippen molar-refractivity contribution in [2.45, 2.75) is 63.3 Å². The Labute approximate surface area is 149 Å². The number of fused-ring (bicyclic) bond motifs is 2. The lowest BCUT2D eigenvalue weighted by molar-refractivity contribution is 0.111. The maximum atomic E-state index is 12.2. The van der Waals surface area contributed by atoms with E-state index in [0.29, 0.717) is 18.1 Å². The molecule has 0 saturated carbocycles. The second-order valence-corrected chi connectivity index (χ2v) is 8.10. The Morgan fingerprint density at radius 3 is 2.54 bits per heavy atom. The number of nitrogens with zero attached hydrogens (tertiary/aromatic N) is 1. The number of hydrogen-bond acceptors (Lipinski definition) is 3. The first-order valence-electron chi connectivity index (χ1n) is 9.01. The van der Waals surface area contributed by atoms with E-state index in [1.807, 2.05) is 0 Å². The van der Waals surface area contributed by atoms with Crippen molar-refractivity contribution in [1.82, 2.24) is 15.5 Å². The molecule has 4 nitrogen and oxygen atoms in total. The molecule has 3 rings (SSSR count). The molecule has 2 bridgehead atoms. The molecule has 132 valence electrons. The van der Waals surface area contributed by atoms with Crippen LogP contribution in [0, 0.1) is 0 Å². The van der Waals surface area contributed by atoms with Gasteiger partial charge in [-0.25, -0.2) is 4.79 Å². The van der Waals surface area contributed by atoms with Crippen LogP contribution in [0.25, 0.3) is 0 Å². The fourth-order valence-corrected chi connectivity index (χ4v) is 4.77. The van der Waals surface area contributed by atoms with Gasteiger partial charge < -0.3 is 10.6 Å². The van der Waals surface area contributed by atoms with Gasteiger partial charge in [0.2, 0.25) is 0 Å². The Bertz CT molecular complexity index is 525. The van der Waals surface area contributed by atoms with E-state index in [1.165, 1.54) is 18.4 Å². The molecule has 2 aliphatic heterocycles. The summed E-state index contributed by atoms with van der Waals surface area (Å²) in [6, 6.07) is 12.5. The van der Waals surface area contributed by atoms with Gasteiger partial charge >= 0.3 is 6.03 Å². The van der Waals surface area contributed by atoms with E-state index in [1.54, 1.807) is 11.8 Å². The van der Waals surface area contributed by atoms with Crippen LogP contribution in [-0.4, -0.2) is 47.1 Å². The summed E-state index contributed by atoms with van der Waals surface area (Å²) < 4.78 is 0. The summed E-state index contributed by atoms with van der Waals surface area (Å²) in [4.78, 5) is 14.8. The third-order valence-corrected chi connectivity index (χ3v) is 6.06. The molecule has 3 atom stereocenters. The number of piperidine rings is 1. The highest BCUT2D eigenvalue weighted by atomic mass is 32.2. The molecule has 2 amide bonds. The Morgan fingerprint density at radius 2 is 1.92 bits per heavy atom. The van der Waals surface area contributed by atoms with Crippen molar-refractivity contribution in [3.8, 4) is 0 Å². The normalized spacial score (nSPS) is 27.7. The summed E-state index contributed by atoms with van der Waals surface area (Å²) in [7, 11) is 0. The lowest BCUT2D eigenvalue weighted by Crippen LogP contribution is -2.53. The second-order valence-electron chi connectivity index (χ2n) is 7.19. The SMILES string of the molecule is CSCC(C)NC(=O)NC1CC2CCC(C1)N2Cc1ccccc1. The molecule has 1 aromatic carbocycles. The average Bonchev–Trinajstić information content (AvgIpc) is 2.79. The van der Waals surface area contributed by atoms with Crippen LogP contribution >= 0.6 is 11.8 Å². The number of nitrogens with one attached hydrogen (secondary N) is 2. The van der Waals surface area contributed by atoms with Crippen molar-refractivity contribution in [1.29, 1.82) is 0 Å². The predicted molar refractivity (Wildman–Crippen MR) is 101 cm³/mol. The molecule has 3 unspecified atom stereocenters. The van der Waals surface area contributed by atoms with Crippen LogP contribution in [0.2, 0.25) is 0 Å². The average molecular weight is 348 g/mol. The Morgan fingerprint density at radius 1 is 1.25 bits per heavy atom. The lowest BCUT2D eigenvalue weighted by atomic mass is 9.96. The first-order valence-corrected chi connectivity index (χ1v) is 10.4. The van der Waals surface area contributed by atoms with Gasteiger partial charge in [-0.15, -0.1) is 0 Å². The number of thioether (sulfide) groups is 1. The van der Waals surface area contributed by atoms with Crippen molar-refractivity contribution in [3.63, 3.8) is 0 Å². The van der Waals surface area contributed by atoms with Crippen molar-refractivity contribution >= 4 is 17.8 Å². The number of amides is 2. The van der Waals surface area contributed by atoms with Crippen LogP contribution in [0.1, 0.15) is 38.2 Å². The molecule has 2 fully saturated rings. The molecule has 2 N–H and O–H groups in total. The highest BCUT2D eigenvalue weighted by Crippen LogP contribution is 2.36. The fourth-order valence-electron chi connectivity index (χ4n) is 4.19. The Balaban J connectivity index is 1.51. The fraction of sp³-hybridized carbons (Fsp3) is 0.632. The van der Waals surface area contributed by atoms with Crippen molar-refractivity contribution < 1.29 is 4.79 Å². The van der Waals surface area contributed by atoms with Gasteiger partial charge in [0, 0.05) is 36.5 Å². The number of hydrogen-bond donors (Lipinski definition) is 2. The van der Waals surface area contributed by atoms with Gasteiger partial charge in [-0.3, -0.25) is 4.90 Å². The standard InChI is InChI=1S/C19H29N3OS/c1-14(13-24-2)20-19(23)21-16-10-17-8-9-18(11-16)22(17)12-15-6-4-3-5-7-15/h3-7,14,16-18H,8-13H2,1-2H3,(H2,20,21,23). The monoisotopic (exact) mass is 347 g/mol. The molecule has 24 heavy (non-hydrogen) atoms. The van der Waals surface area contributed by atoms with E-state index in [0.717, 1.165) is 25.1 Å². The highest BCUT2D eigenvalue weighted by molar-refractivity contribution is 7.98. The third-order valence-electron chi connectivity index (χ3n) is 5.22. The molecule has 0 spiro atoms. The molecule has 2 heterocycles.